The SMILES string of the molecule is CN(C)CCNC(=O)c1cc2c(c3ccccc13)c1ccccc1n2C. The molecule has 0 aliphatic rings. The van der Waals surface area contributed by atoms with E-state index < -0.39 is 0 Å². The lowest BCUT2D eigenvalue weighted by molar-refractivity contribution is 0.0953. The number of amides is 1. The predicted molar refractivity (Wildman–Crippen MR) is 109 cm³/mol. The average Bonchev–Trinajstić information content (AvgIpc) is 2.94. The van der Waals surface area contributed by atoms with E-state index in [2.05, 4.69) is 52.2 Å². The van der Waals surface area contributed by atoms with Crippen LogP contribution in [0.1, 0.15) is 10.4 Å². The first-order valence-corrected chi connectivity index (χ1v) is 8.89. The summed E-state index contributed by atoms with van der Waals surface area (Å²) in [5, 5.41) is 7.61. The van der Waals surface area contributed by atoms with Gasteiger partial charge in [-0.2, -0.15) is 0 Å². The maximum Gasteiger partial charge on any atom is 0.252 e. The van der Waals surface area contributed by atoms with E-state index in [9.17, 15) is 4.79 Å². The highest BCUT2D eigenvalue weighted by atomic mass is 16.1. The molecular weight excluding hydrogens is 322 g/mol. The van der Waals surface area contributed by atoms with Crippen molar-refractivity contribution in [1.29, 1.82) is 0 Å². The third-order valence-corrected chi connectivity index (χ3v) is 5.01. The highest BCUT2D eigenvalue weighted by Gasteiger charge is 2.17. The first-order chi connectivity index (χ1) is 12.6. The third kappa shape index (κ3) is 2.63. The zero-order chi connectivity index (χ0) is 18.3. The molecule has 4 aromatic rings. The first kappa shape index (κ1) is 16.6. The van der Waals surface area contributed by atoms with Gasteiger partial charge in [0.2, 0.25) is 0 Å². The van der Waals surface area contributed by atoms with E-state index in [1.807, 2.05) is 38.4 Å². The maximum absolute atomic E-state index is 12.9. The minimum Gasteiger partial charge on any atom is -0.351 e. The van der Waals surface area contributed by atoms with Crippen molar-refractivity contribution >= 4 is 38.5 Å². The number of aryl methyl sites for hydroxylation is 1. The van der Waals surface area contributed by atoms with Gasteiger partial charge in [0, 0.05) is 42.0 Å². The molecule has 26 heavy (non-hydrogen) atoms. The van der Waals surface area contributed by atoms with E-state index >= 15 is 0 Å². The number of nitrogens with zero attached hydrogens (tertiary/aromatic N) is 2. The molecule has 0 unspecified atom stereocenters. The molecule has 132 valence electrons. The van der Waals surface area contributed by atoms with Crippen LogP contribution in [-0.4, -0.2) is 42.6 Å². The Labute approximate surface area is 153 Å². The Balaban J connectivity index is 1.95. The number of para-hydroxylation sites is 1. The topological polar surface area (TPSA) is 37.3 Å². The van der Waals surface area contributed by atoms with Gasteiger partial charge >= 0.3 is 0 Å². The molecule has 3 aromatic carbocycles. The predicted octanol–water partition coefficient (Wildman–Crippen LogP) is 3.78. The van der Waals surface area contributed by atoms with E-state index in [0.29, 0.717) is 6.54 Å². The number of hydrogen-bond donors (Lipinski definition) is 1. The highest BCUT2D eigenvalue weighted by Crippen LogP contribution is 2.35. The average molecular weight is 345 g/mol. The number of carbonyl (C=O) groups excluding carboxylic acids is 1. The van der Waals surface area contributed by atoms with Gasteiger partial charge in [-0.25, -0.2) is 0 Å². The molecule has 0 fully saturated rings. The van der Waals surface area contributed by atoms with Crippen LogP contribution in [0.15, 0.2) is 54.6 Å². The zero-order valence-electron chi connectivity index (χ0n) is 15.4. The normalized spacial score (nSPS) is 11.7. The fourth-order valence-corrected chi connectivity index (χ4v) is 3.69. The van der Waals surface area contributed by atoms with Crippen molar-refractivity contribution in [2.24, 2.45) is 7.05 Å². The molecule has 0 bridgehead atoms. The number of carbonyl (C=O) groups is 1. The Bertz CT molecular complexity index is 1120. The molecule has 0 aliphatic carbocycles. The number of nitrogens with one attached hydrogen (secondary N) is 1. The summed E-state index contributed by atoms with van der Waals surface area (Å²) in [6, 6.07) is 18.6. The summed E-state index contributed by atoms with van der Waals surface area (Å²) in [5.41, 5.74) is 3.00. The Kier molecular flexibility index (Phi) is 4.13. The summed E-state index contributed by atoms with van der Waals surface area (Å²) in [7, 11) is 6.07. The van der Waals surface area contributed by atoms with Crippen LogP contribution < -0.4 is 5.32 Å². The fourth-order valence-electron chi connectivity index (χ4n) is 3.69. The van der Waals surface area contributed by atoms with E-state index in [1.54, 1.807) is 0 Å². The second-order valence-corrected chi connectivity index (χ2v) is 7.00. The van der Waals surface area contributed by atoms with Gasteiger partial charge in [-0.15, -0.1) is 0 Å². The second-order valence-electron chi connectivity index (χ2n) is 7.00. The highest BCUT2D eigenvalue weighted by molar-refractivity contribution is 6.24. The van der Waals surface area contributed by atoms with Crippen LogP contribution in [0.3, 0.4) is 0 Å². The Morgan fingerprint density at radius 2 is 1.62 bits per heavy atom. The van der Waals surface area contributed by atoms with Crippen LogP contribution >= 0.6 is 0 Å². The van der Waals surface area contributed by atoms with Crippen molar-refractivity contribution in [3.63, 3.8) is 0 Å². The molecule has 1 aromatic heterocycles. The lowest BCUT2D eigenvalue weighted by atomic mass is 9.98. The van der Waals surface area contributed by atoms with Crippen LogP contribution in [0.5, 0.6) is 0 Å². The molecule has 0 spiro atoms. The molecule has 4 rings (SSSR count). The number of rotatable bonds is 4. The number of benzene rings is 3. The molecule has 4 heteroatoms. The van der Waals surface area contributed by atoms with Gasteiger partial charge in [0.15, 0.2) is 0 Å². The lowest BCUT2D eigenvalue weighted by Crippen LogP contribution is -2.31. The molecule has 0 aliphatic heterocycles. The smallest absolute Gasteiger partial charge is 0.252 e. The standard InChI is InChI=1S/C22H23N3O/c1-24(2)13-12-23-22(26)18-14-20-21(16-9-5-4-8-15(16)18)17-10-6-7-11-19(17)25(20)3/h4-11,14H,12-13H2,1-3H3,(H,23,26). The minimum atomic E-state index is -0.0183. The first-order valence-electron chi connectivity index (χ1n) is 8.89. The van der Waals surface area contributed by atoms with Gasteiger partial charge in [0.1, 0.15) is 0 Å². The van der Waals surface area contributed by atoms with Crippen molar-refractivity contribution in [1.82, 2.24) is 14.8 Å². The third-order valence-electron chi connectivity index (χ3n) is 5.01. The Morgan fingerprint density at radius 3 is 2.35 bits per heavy atom. The summed E-state index contributed by atoms with van der Waals surface area (Å²) < 4.78 is 2.17. The van der Waals surface area contributed by atoms with Crippen molar-refractivity contribution in [3.8, 4) is 0 Å². The summed E-state index contributed by atoms with van der Waals surface area (Å²) in [5.74, 6) is -0.0183. The van der Waals surface area contributed by atoms with E-state index in [4.69, 9.17) is 0 Å². The van der Waals surface area contributed by atoms with E-state index in [0.717, 1.165) is 28.4 Å². The number of aromatic nitrogens is 1. The molecular formula is C22H23N3O. The summed E-state index contributed by atoms with van der Waals surface area (Å²) in [6.07, 6.45) is 0. The summed E-state index contributed by atoms with van der Waals surface area (Å²) >= 11 is 0. The quantitative estimate of drug-likeness (QED) is 0.611. The number of likely N-dealkylation sites (N-methyl/N-ethyl adjacent to an activating group) is 1. The number of fused-ring (bicyclic) bond motifs is 5. The lowest BCUT2D eigenvalue weighted by Gasteiger charge is -2.12. The minimum absolute atomic E-state index is 0.0183. The van der Waals surface area contributed by atoms with E-state index in [1.165, 1.54) is 16.3 Å². The van der Waals surface area contributed by atoms with Gasteiger partial charge in [-0.1, -0.05) is 42.5 Å². The second kappa shape index (κ2) is 6.46. The van der Waals surface area contributed by atoms with Gasteiger partial charge in [0.25, 0.3) is 5.91 Å². The number of hydrogen-bond acceptors (Lipinski definition) is 2. The molecule has 0 saturated carbocycles. The molecule has 0 atom stereocenters. The van der Waals surface area contributed by atoms with Crippen LogP contribution in [0.4, 0.5) is 0 Å². The van der Waals surface area contributed by atoms with Crippen molar-refractivity contribution in [2.45, 2.75) is 0 Å². The van der Waals surface area contributed by atoms with Crippen LogP contribution in [0, 0.1) is 0 Å². The molecule has 1 heterocycles. The van der Waals surface area contributed by atoms with Gasteiger partial charge in [-0.05, 0) is 37.0 Å². The van der Waals surface area contributed by atoms with Crippen LogP contribution in [0.2, 0.25) is 0 Å². The maximum atomic E-state index is 12.9. The molecule has 0 radical (unpaired) electrons. The monoisotopic (exact) mass is 345 g/mol. The molecule has 1 N–H and O–H groups in total. The molecule has 1 amide bonds. The molecule has 4 nitrogen and oxygen atoms in total. The van der Waals surface area contributed by atoms with Gasteiger partial charge in [0.05, 0.1) is 5.52 Å². The van der Waals surface area contributed by atoms with Crippen molar-refractivity contribution < 1.29 is 4.79 Å². The van der Waals surface area contributed by atoms with Crippen LogP contribution in [-0.2, 0) is 7.05 Å². The fraction of sp³-hybridized carbons (Fsp3) is 0.227. The van der Waals surface area contributed by atoms with E-state index in [-0.39, 0.29) is 5.91 Å². The summed E-state index contributed by atoms with van der Waals surface area (Å²) in [4.78, 5) is 14.9. The van der Waals surface area contributed by atoms with Crippen molar-refractivity contribution in [3.05, 3.63) is 60.2 Å². The van der Waals surface area contributed by atoms with Crippen LogP contribution in [0.25, 0.3) is 32.6 Å². The largest absolute Gasteiger partial charge is 0.351 e. The van der Waals surface area contributed by atoms with Gasteiger partial charge in [-0.3, -0.25) is 4.79 Å². The summed E-state index contributed by atoms with van der Waals surface area (Å²) in [6.45, 7) is 1.45. The molecule has 0 saturated heterocycles. The zero-order valence-corrected chi connectivity index (χ0v) is 15.4. The van der Waals surface area contributed by atoms with Crippen molar-refractivity contribution in [2.75, 3.05) is 27.2 Å². The Morgan fingerprint density at radius 1 is 0.962 bits per heavy atom. The van der Waals surface area contributed by atoms with Gasteiger partial charge < -0.3 is 14.8 Å². The Hall–Kier alpha value is -2.85.